The van der Waals surface area contributed by atoms with Crippen LogP contribution in [0.25, 0.3) is 0 Å². The molecular formula is C14H17FN2S. The molecule has 0 bridgehead atoms. The van der Waals surface area contributed by atoms with E-state index in [0.717, 1.165) is 5.56 Å². The first-order valence-corrected chi connectivity index (χ1v) is 6.80. The number of hydrogen-bond donors (Lipinski definition) is 1. The molecule has 0 saturated heterocycles. The van der Waals surface area contributed by atoms with Gasteiger partial charge in [0.1, 0.15) is 5.82 Å². The molecular weight excluding hydrogens is 247 g/mol. The van der Waals surface area contributed by atoms with E-state index in [1.54, 1.807) is 17.4 Å². The molecule has 0 fully saturated rings. The van der Waals surface area contributed by atoms with Crippen LogP contribution in [0.2, 0.25) is 0 Å². The first-order valence-electron chi connectivity index (χ1n) is 5.86. The molecule has 2 rings (SSSR count). The Morgan fingerprint density at radius 2 is 2.17 bits per heavy atom. The van der Waals surface area contributed by atoms with E-state index in [4.69, 9.17) is 5.73 Å². The van der Waals surface area contributed by atoms with Gasteiger partial charge in [-0.05, 0) is 40.9 Å². The molecule has 2 aromatic rings. The molecule has 0 spiro atoms. The third-order valence-electron chi connectivity index (χ3n) is 2.89. The van der Waals surface area contributed by atoms with Crippen LogP contribution in [-0.2, 0) is 6.54 Å². The molecule has 2 nitrogen and oxygen atoms in total. The lowest BCUT2D eigenvalue weighted by molar-refractivity contribution is 0.616. The highest BCUT2D eigenvalue weighted by molar-refractivity contribution is 7.07. The van der Waals surface area contributed by atoms with E-state index in [2.05, 4.69) is 5.38 Å². The molecule has 4 heteroatoms. The number of halogens is 1. The fourth-order valence-corrected chi connectivity index (χ4v) is 2.70. The highest BCUT2D eigenvalue weighted by Crippen LogP contribution is 2.28. The smallest absolute Gasteiger partial charge is 0.146 e. The van der Waals surface area contributed by atoms with Crippen LogP contribution in [0.3, 0.4) is 0 Å². The Morgan fingerprint density at radius 1 is 1.39 bits per heavy atom. The average Bonchev–Trinajstić information content (AvgIpc) is 2.81. The lowest BCUT2D eigenvalue weighted by Gasteiger charge is -2.24. The molecule has 1 aromatic heterocycles. The van der Waals surface area contributed by atoms with Crippen LogP contribution in [-0.4, -0.2) is 7.05 Å². The van der Waals surface area contributed by atoms with Gasteiger partial charge in [-0.3, -0.25) is 0 Å². The van der Waals surface area contributed by atoms with Gasteiger partial charge in [-0.15, -0.1) is 0 Å². The van der Waals surface area contributed by atoms with Gasteiger partial charge in [0.05, 0.1) is 5.69 Å². The van der Waals surface area contributed by atoms with Crippen LogP contribution >= 0.6 is 11.3 Å². The molecule has 0 saturated carbocycles. The number of thiophene rings is 1. The normalized spacial score (nSPS) is 12.4. The Morgan fingerprint density at radius 3 is 2.78 bits per heavy atom. The van der Waals surface area contributed by atoms with E-state index in [9.17, 15) is 4.39 Å². The van der Waals surface area contributed by atoms with Crippen molar-refractivity contribution in [2.75, 3.05) is 11.9 Å². The summed E-state index contributed by atoms with van der Waals surface area (Å²) in [4.78, 5) is 1.91. The maximum atomic E-state index is 14.0. The van der Waals surface area contributed by atoms with Crippen molar-refractivity contribution in [1.29, 1.82) is 0 Å². The van der Waals surface area contributed by atoms with Gasteiger partial charge in [0, 0.05) is 19.6 Å². The summed E-state index contributed by atoms with van der Waals surface area (Å²) < 4.78 is 14.0. The van der Waals surface area contributed by atoms with Crippen molar-refractivity contribution in [2.24, 2.45) is 5.73 Å². The lowest BCUT2D eigenvalue weighted by Crippen LogP contribution is -2.21. The first kappa shape index (κ1) is 13.1. The van der Waals surface area contributed by atoms with Crippen LogP contribution in [0.5, 0.6) is 0 Å². The molecule has 1 atom stereocenters. The zero-order valence-electron chi connectivity index (χ0n) is 10.6. The van der Waals surface area contributed by atoms with Gasteiger partial charge in [-0.2, -0.15) is 11.3 Å². The van der Waals surface area contributed by atoms with Gasteiger partial charge in [-0.25, -0.2) is 4.39 Å². The average molecular weight is 264 g/mol. The number of nitrogens with zero attached hydrogens (tertiary/aromatic N) is 1. The van der Waals surface area contributed by atoms with E-state index >= 15 is 0 Å². The largest absolute Gasteiger partial charge is 0.368 e. The summed E-state index contributed by atoms with van der Waals surface area (Å²) in [6.45, 7) is 2.56. The van der Waals surface area contributed by atoms with Gasteiger partial charge in [0.15, 0.2) is 0 Å². The Kier molecular flexibility index (Phi) is 3.99. The van der Waals surface area contributed by atoms with Crippen molar-refractivity contribution >= 4 is 17.0 Å². The number of hydrogen-bond acceptors (Lipinski definition) is 3. The minimum absolute atomic E-state index is 0.180. The predicted molar refractivity (Wildman–Crippen MR) is 75.4 cm³/mol. The molecule has 1 aromatic carbocycles. The third kappa shape index (κ3) is 2.71. The Labute approximate surface area is 111 Å². The maximum absolute atomic E-state index is 14.0. The maximum Gasteiger partial charge on any atom is 0.146 e. The van der Waals surface area contributed by atoms with Crippen molar-refractivity contribution < 1.29 is 4.39 Å². The molecule has 0 unspecified atom stereocenters. The summed E-state index contributed by atoms with van der Waals surface area (Å²) in [6, 6.07) is 6.93. The predicted octanol–water partition coefficient (Wildman–Crippen LogP) is 3.54. The van der Waals surface area contributed by atoms with Crippen LogP contribution in [0.15, 0.2) is 35.0 Å². The summed E-state index contributed by atoms with van der Waals surface area (Å²) in [5.74, 6) is -0.220. The standard InChI is InChI=1S/C14H17FN2S/c1-10(16)12-4-3-5-13(15)14(12)17(2)8-11-6-7-18-9-11/h3-7,9-10H,8,16H2,1-2H3/t10-/m1/s1. The zero-order chi connectivity index (χ0) is 13.1. The van der Waals surface area contributed by atoms with Crippen LogP contribution in [0.1, 0.15) is 24.1 Å². The molecule has 0 radical (unpaired) electrons. The van der Waals surface area contributed by atoms with E-state index < -0.39 is 0 Å². The number of rotatable bonds is 4. The molecule has 96 valence electrons. The van der Waals surface area contributed by atoms with Gasteiger partial charge in [-0.1, -0.05) is 12.1 Å². The molecule has 0 amide bonds. The molecule has 0 aliphatic heterocycles. The molecule has 0 aliphatic carbocycles. The summed E-state index contributed by atoms with van der Waals surface area (Å²) in [5, 5.41) is 4.10. The Bertz CT molecular complexity index is 509. The SMILES string of the molecule is C[C@@H](N)c1cccc(F)c1N(C)Cc1ccsc1. The van der Waals surface area contributed by atoms with Crippen molar-refractivity contribution in [1.82, 2.24) is 0 Å². The van der Waals surface area contributed by atoms with E-state index in [-0.39, 0.29) is 11.9 Å². The molecule has 2 N–H and O–H groups in total. The number of anilines is 1. The second-order valence-electron chi connectivity index (χ2n) is 4.45. The second-order valence-corrected chi connectivity index (χ2v) is 5.23. The number of nitrogens with two attached hydrogens (primary N) is 1. The lowest BCUT2D eigenvalue weighted by atomic mass is 10.1. The third-order valence-corrected chi connectivity index (χ3v) is 3.62. The first-order chi connectivity index (χ1) is 8.59. The monoisotopic (exact) mass is 264 g/mol. The summed E-state index contributed by atoms with van der Waals surface area (Å²) >= 11 is 1.65. The highest BCUT2D eigenvalue weighted by atomic mass is 32.1. The Balaban J connectivity index is 2.31. The van der Waals surface area contributed by atoms with Gasteiger partial charge >= 0.3 is 0 Å². The fraction of sp³-hybridized carbons (Fsp3) is 0.286. The van der Waals surface area contributed by atoms with Gasteiger partial charge in [0.25, 0.3) is 0 Å². The van der Waals surface area contributed by atoms with E-state index in [0.29, 0.717) is 12.2 Å². The summed E-state index contributed by atoms with van der Waals surface area (Å²) in [7, 11) is 1.89. The molecule has 1 heterocycles. The second kappa shape index (κ2) is 5.50. The summed E-state index contributed by atoms with van der Waals surface area (Å²) in [6.07, 6.45) is 0. The van der Waals surface area contributed by atoms with Crippen molar-refractivity contribution in [3.05, 3.63) is 52.0 Å². The van der Waals surface area contributed by atoms with Crippen molar-refractivity contribution in [3.63, 3.8) is 0 Å². The van der Waals surface area contributed by atoms with Gasteiger partial charge in [0.2, 0.25) is 0 Å². The minimum Gasteiger partial charge on any atom is -0.368 e. The quantitative estimate of drug-likeness (QED) is 0.915. The topological polar surface area (TPSA) is 29.3 Å². The van der Waals surface area contributed by atoms with E-state index in [1.807, 2.05) is 36.4 Å². The van der Waals surface area contributed by atoms with E-state index in [1.165, 1.54) is 11.6 Å². The van der Waals surface area contributed by atoms with Crippen LogP contribution < -0.4 is 10.6 Å². The molecule has 0 aliphatic rings. The number of benzene rings is 1. The Hall–Kier alpha value is -1.39. The zero-order valence-corrected chi connectivity index (χ0v) is 11.4. The summed E-state index contributed by atoms with van der Waals surface area (Å²) in [5.41, 5.74) is 8.52. The van der Waals surface area contributed by atoms with Crippen LogP contribution in [0.4, 0.5) is 10.1 Å². The minimum atomic E-state index is -0.220. The van der Waals surface area contributed by atoms with Crippen molar-refractivity contribution in [2.45, 2.75) is 19.5 Å². The molecule has 18 heavy (non-hydrogen) atoms. The van der Waals surface area contributed by atoms with Crippen molar-refractivity contribution in [3.8, 4) is 0 Å². The van der Waals surface area contributed by atoms with Gasteiger partial charge < -0.3 is 10.6 Å². The fourth-order valence-electron chi connectivity index (χ4n) is 2.04. The van der Waals surface area contributed by atoms with Crippen LogP contribution in [0, 0.1) is 5.82 Å². The number of para-hydroxylation sites is 1. The highest BCUT2D eigenvalue weighted by Gasteiger charge is 2.15.